The summed E-state index contributed by atoms with van der Waals surface area (Å²) in [5, 5.41) is 0. The summed E-state index contributed by atoms with van der Waals surface area (Å²) in [4.78, 5) is 12.2. The molecule has 1 aromatic carbocycles. The molecule has 17 heavy (non-hydrogen) atoms. The van der Waals surface area contributed by atoms with Crippen molar-refractivity contribution in [1.82, 2.24) is 0 Å². The fourth-order valence-electron chi connectivity index (χ4n) is 2.36. The van der Waals surface area contributed by atoms with Crippen LogP contribution in [0.15, 0.2) is 60.2 Å². The van der Waals surface area contributed by atoms with Gasteiger partial charge in [0, 0.05) is 11.1 Å². The monoisotopic (exact) mass is 220 g/mol. The van der Waals surface area contributed by atoms with Crippen LogP contribution in [0.25, 0.3) is 11.6 Å². The molecule has 1 aromatic rings. The third kappa shape index (κ3) is 1.43. The summed E-state index contributed by atoms with van der Waals surface area (Å²) in [5.74, 6) is 0.138. The first-order valence-electron chi connectivity index (χ1n) is 5.69. The highest BCUT2D eigenvalue weighted by atomic mass is 16.1. The number of benzene rings is 1. The Morgan fingerprint density at radius 3 is 2.76 bits per heavy atom. The van der Waals surface area contributed by atoms with E-state index < -0.39 is 0 Å². The zero-order chi connectivity index (χ0) is 11.8. The summed E-state index contributed by atoms with van der Waals surface area (Å²) in [6.07, 6.45) is 8.35. The summed E-state index contributed by atoms with van der Waals surface area (Å²) < 4.78 is 0. The van der Waals surface area contributed by atoms with Crippen LogP contribution >= 0.6 is 0 Å². The van der Waals surface area contributed by atoms with Crippen molar-refractivity contribution in [3.8, 4) is 0 Å². The van der Waals surface area contributed by atoms with Crippen LogP contribution in [0, 0.1) is 0 Å². The normalized spacial score (nSPS) is 16.7. The Morgan fingerprint density at radius 1 is 1.12 bits per heavy atom. The van der Waals surface area contributed by atoms with Crippen molar-refractivity contribution in [3.63, 3.8) is 0 Å². The van der Waals surface area contributed by atoms with Crippen molar-refractivity contribution in [2.24, 2.45) is 0 Å². The van der Waals surface area contributed by atoms with Gasteiger partial charge in [-0.15, -0.1) is 6.58 Å². The van der Waals surface area contributed by atoms with E-state index in [1.807, 2.05) is 36.4 Å². The topological polar surface area (TPSA) is 17.1 Å². The zero-order valence-electron chi connectivity index (χ0n) is 9.44. The van der Waals surface area contributed by atoms with E-state index in [0.717, 1.165) is 27.8 Å². The lowest BCUT2D eigenvalue weighted by Gasteiger charge is -2.12. The van der Waals surface area contributed by atoms with Gasteiger partial charge in [-0.05, 0) is 29.2 Å². The molecular formula is C16H12O. The number of rotatable bonds is 2. The Bertz CT molecular complexity index is 612. The first-order chi connectivity index (χ1) is 8.31. The van der Waals surface area contributed by atoms with Crippen LogP contribution in [0.5, 0.6) is 0 Å². The van der Waals surface area contributed by atoms with Gasteiger partial charge in [0.25, 0.3) is 0 Å². The standard InChI is InChI=1S/C16H12O/c1-2-5-11-8-9-14-13-7-4-3-6-12(13)10-15(14)16(11)17/h2-4,6-10H,1,5H2. The lowest BCUT2D eigenvalue weighted by atomic mass is 9.90. The maximum Gasteiger partial charge on any atom is 0.189 e. The molecule has 1 heteroatoms. The highest BCUT2D eigenvalue weighted by Crippen LogP contribution is 2.39. The van der Waals surface area contributed by atoms with Gasteiger partial charge >= 0.3 is 0 Å². The van der Waals surface area contributed by atoms with E-state index in [2.05, 4.69) is 12.6 Å². The molecule has 0 spiro atoms. The van der Waals surface area contributed by atoms with Crippen molar-refractivity contribution in [2.45, 2.75) is 6.42 Å². The van der Waals surface area contributed by atoms with Gasteiger partial charge in [0.1, 0.15) is 0 Å². The molecule has 0 radical (unpaired) electrons. The van der Waals surface area contributed by atoms with E-state index in [-0.39, 0.29) is 5.78 Å². The lowest BCUT2D eigenvalue weighted by Crippen LogP contribution is -2.08. The number of allylic oxidation sites excluding steroid dienone is 6. The number of ketones is 1. The average Bonchev–Trinajstić information content (AvgIpc) is 2.73. The molecule has 3 rings (SSSR count). The molecule has 0 fully saturated rings. The van der Waals surface area contributed by atoms with E-state index in [1.54, 1.807) is 6.08 Å². The van der Waals surface area contributed by atoms with Gasteiger partial charge in [0.15, 0.2) is 5.78 Å². The zero-order valence-corrected chi connectivity index (χ0v) is 9.44. The highest BCUT2D eigenvalue weighted by Gasteiger charge is 2.27. The van der Waals surface area contributed by atoms with Crippen LogP contribution in [0.1, 0.15) is 17.5 Å². The van der Waals surface area contributed by atoms with Crippen molar-refractivity contribution in [1.29, 1.82) is 0 Å². The third-order valence-electron chi connectivity index (χ3n) is 3.19. The Labute approximate surface area is 100 Å². The van der Waals surface area contributed by atoms with Gasteiger partial charge in [-0.25, -0.2) is 0 Å². The van der Waals surface area contributed by atoms with Crippen LogP contribution in [0.2, 0.25) is 0 Å². The summed E-state index contributed by atoms with van der Waals surface area (Å²) in [6, 6.07) is 8.10. The predicted molar refractivity (Wildman–Crippen MR) is 70.3 cm³/mol. The molecule has 1 nitrogen and oxygen atoms in total. The summed E-state index contributed by atoms with van der Waals surface area (Å²) in [6.45, 7) is 3.68. The van der Waals surface area contributed by atoms with E-state index >= 15 is 0 Å². The number of hydrogen-bond donors (Lipinski definition) is 0. The second-order valence-electron chi connectivity index (χ2n) is 4.24. The van der Waals surface area contributed by atoms with E-state index in [1.165, 1.54) is 0 Å². The predicted octanol–water partition coefficient (Wildman–Crippen LogP) is 3.55. The van der Waals surface area contributed by atoms with Crippen LogP contribution in [-0.4, -0.2) is 5.78 Å². The fraction of sp³-hybridized carbons (Fsp3) is 0.0625. The van der Waals surface area contributed by atoms with E-state index in [4.69, 9.17) is 0 Å². The molecular weight excluding hydrogens is 208 g/mol. The van der Waals surface area contributed by atoms with E-state index in [0.29, 0.717) is 6.42 Å². The van der Waals surface area contributed by atoms with Crippen LogP contribution in [0.4, 0.5) is 0 Å². The molecule has 2 aliphatic rings. The van der Waals surface area contributed by atoms with Crippen molar-refractivity contribution in [3.05, 3.63) is 71.3 Å². The summed E-state index contributed by atoms with van der Waals surface area (Å²) >= 11 is 0. The molecule has 0 heterocycles. The molecule has 0 saturated heterocycles. The van der Waals surface area contributed by atoms with Crippen LogP contribution in [-0.2, 0) is 4.79 Å². The Kier molecular flexibility index (Phi) is 2.19. The summed E-state index contributed by atoms with van der Waals surface area (Å²) in [7, 11) is 0. The van der Waals surface area contributed by atoms with Crippen LogP contribution < -0.4 is 0 Å². The highest BCUT2D eigenvalue weighted by molar-refractivity contribution is 6.25. The number of Topliss-reactive ketones (excluding diaryl/α,β-unsaturated/α-hetero) is 1. The fourth-order valence-corrected chi connectivity index (χ4v) is 2.36. The number of fused-ring (bicyclic) bond motifs is 3. The average molecular weight is 220 g/mol. The quantitative estimate of drug-likeness (QED) is 0.696. The minimum absolute atomic E-state index is 0.138. The van der Waals surface area contributed by atoms with Gasteiger partial charge < -0.3 is 0 Å². The molecule has 0 amide bonds. The molecule has 0 aromatic heterocycles. The number of hydrogen-bond acceptors (Lipinski definition) is 1. The van der Waals surface area contributed by atoms with Crippen molar-refractivity contribution >= 4 is 17.4 Å². The van der Waals surface area contributed by atoms with Crippen LogP contribution in [0.3, 0.4) is 0 Å². The van der Waals surface area contributed by atoms with Gasteiger partial charge in [-0.2, -0.15) is 0 Å². The van der Waals surface area contributed by atoms with Gasteiger partial charge in [0.2, 0.25) is 0 Å². The first kappa shape index (κ1) is 10.0. The number of carbonyl (C=O) groups is 1. The molecule has 82 valence electrons. The molecule has 0 saturated carbocycles. The van der Waals surface area contributed by atoms with E-state index in [9.17, 15) is 4.79 Å². The lowest BCUT2D eigenvalue weighted by molar-refractivity contribution is -0.111. The molecule has 0 unspecified atom stereocenters. The number of carbonyl (C=O) groups excluding carboxylic acids is 1. The second-order valence-corrected chi connectivity index (χ2v) is 4.24. The third-order valence-corrected chi connectivity index (χ3v) is 3.19. The Morgan fingerprint density at radius 2 is 1.94 bits per heavy atom. The maximum atomic E-state index is 12.2. The molecule has 0 bridgehead atoms. The Hall–Kier alpha value is -2.15. The van der Waals surface area contributed by atoms with Gasteiger partial charge in [-0.3, -0.25) is 4.79 Å². The Balaban J connectivity index is 2.12. The molecule has 2 aliphatic carbocycles. The van der Waals surface area contributed by atoms with Gasteiger partial charge in [-0.1, -0.05) is 42.5 Å². The smallest absolute Gasteiger partial charge is 0.189 e. The first-order valence-corrected chi connectivity index (χ1v) is 5.69. The van der Waals surface area contributed by atoms with Gasteiger partial charge in [0.05, 0.1) is 0 Å². The SMILES string of the molecule is C=CCC1=CC=C2C(=Cc3ccccc32)C1=O. The largest absolute Gasteiger partial charge is 0.289 e. The minimum atomic E-state index is 0.138. The summed E-state index contributed by atoms with van der Waals surface area (Å²) in [5.41, 5.74) is 4.99. The second kappa shape index (κ2) is 3.70. The molecule has 0 aliphatic heterocycles. The maximum absolute atomic E-state index is 12.2. The molecule has 0 N–H and O–H groups in total. The molecule has 0 atom stereocenters. The van der Waals surface area contributed by atoms with Crippen molar-refractivity contribution < 1.29 is 4.79 Å². The minimum Gasteiger partial charge on any atom is -0.289 e. The van der Waals surface area contributed by atoms with Crippen molar-refractivity contribution in [2.75, 3.05) is 0 Å².